The molecule has 3 N–H and O–H groups in total. The lowest BCUT2D eigenvalue weighted by molar-refractivity contribution is -0.140. The molecule has 0 bridgehead atoms. The summed E-state index contributed by atoms with van der Waals surface area (Å²) in [6.45, 7) is 4.57. The van der Waals surface area contributed by atoms with E-state index in [9.17, 15) is 28.8 Å². The summed E-state index contributed by atoms with van der Waals surface area (Å²) in [6.07, 6.45) is -0.726. The van der Waals surface area contributed by atoms with Crippen molar-refractivity contribution in [2.45, 2.75) is 39.3 Å². The number of ketones is 1. The number of aryl methyl sites for hydroxylation is 2. The van der Waals surface area contributed by atoms with Crippen molar-refractivity contribution >= 4 is 52.4 Å². The Morgan fingerprint density at radius 3 is 1.93 bits per heavy atom. The number of hydrogen-bond acceptors (Lipinski definition) is 6. The smallest absolute Gasteiger partial charge is 0.305 e. The Hall–Kier alpha value is -4.53. The number of amides is 2. The maximum Gasteiger partial charge on any atom is 0.305 e. The van der Waals surface area contributed by atoms with E-state index >= 15 is 0 Å². The van der Waals surface area contributed by atoms with E-state index in [1.807, 2.05) is 31.2 Å². The molecule has 1 unspecified atom stereocenters. The number of carbonyl (C=O) groups excluding carboxylic acids is 3. The fraction of sp³-hybridized carbons (Fsp3) is 0.273. The van der Waals surface area contributed by atoms with Gasteiger partial charge in [-0.25, -0.2) is 0 Å². The second-order valence-corrected chi connectivity index (χ2v) is 13.3. The third-order valence-corrected chi connectivity index (χ3v) is 9.92. The van der Waals surface area contributed by atoms with Crippen LogP contribution in [0.5, 0.6) is 0 Å². The highest BCUT2D eigenvalue weighted by molar-refractivity contribution is 7.74. The van der Waals surface area contributed by atoms with E-state index < -0.39 is 62.0 Å². The number of hydrogen-bond donors (Lipinski definition) is 3. The molecule has 0 aliphatic carbocycles. The highest BCUT2D eigenvalue weighted by Crippen LogP contribution is 2.44. The predicted octanol–water partition coefficient (Wildman–Crippen LogP) is 3.72. The normalized spacial score (nSPS) is 12.9. The molecule has 11 heteroatoms. The van der Waals surface area contributed by atoms with E-state index in [-0.39, 0.29) is 0 Å². The minimum atomic E-state index is -3.74. The maximum absolute atomic E-state index is 14.1. The van der Waals surface area contributed by atoms with Crippen molar-refractivity contribution in [3.05, 3.63) is 96.2 Å². The van der Waals surface area contributed by atoms with Crippen molar-refractivity contribution in [2.24, 2.45) is 13.0 Å². The summed E-state index contributed by atoms with van der Waals surface area (Å²) in [4.78, 5) is 51.9. The van der Waals surface area contributed by atoms with Crippen LogP contribution in [0.25, 0.3) is 10.9 Å². The van der Waals surface area contributed by atoms with Gasteiger partial charge in [0.15, 0.2) is 5.78 Å². The lowest BCUT2D eigenvalue weighted by Gasteiger charge is -2.25. The van der Waals surface area contributed by atoms with Crippen molar-refractivity contribution in [1.82, 2.24) is 15.2 Å². The van der Waals surface area contributed by atoms with Crippen LogP contribution in [0.2, 0.25) is 0 Å². The fourth-order valence-electron chi connectivity index (χ4n) is 5.13. The molecule has 2 amide bonds. The first kappa shape index (κ1) is 32.4. The SMILES string of the molecule is Cc1c(C(=O)N[C@H](C(=O)NC(CC(=O)O)C(=O)COP(=O)(c2ccccc2)c2ccccc2)C(C)C)n(C)c2ccccc12. The molecular formula is C33H36N3O7P. The second-order valence-electron chi connectivity index (χ2n) is 10.9. The standard InChI is InChI=1S/C33H36N3O7P/c1-21(2)30(35-33(41)31-22(3)25-17-11-12-18-27(25)36(31)4)32(40)34-26(19-29(38)39)28(37)20-43-44(42,23-13-7-5-8-14-23)24-15-9-6-10-16-24/h5-18,21,26,30H,19-20H2,1-4H3,(H,34,40)(H,35,41)(H,38,39)/t26?,30-/m0/s1. The molecule has 4 aromatic rings. The van der Waals surface area contributed by atoms with E-state index in [2.05, 4.69) is 10.6 Å². The molecule has 0 spiro atoms. The summed E-state index contributed by atoms with van der Waals surface area (Å²) in [6, 6.07) is 21.8. The quantitative estimate of drug-likeness (QED) is 0.194. The van der Waals surface area contributed by atoms with E-state index in [1.165, 1.54) is 0 Å². The number of aliphatic carboxylic acids is 1. The molecule has 0 aliphatic heterocycles. The van der Waals surface area contributed by atoms with Gasteiger partial charge in [-0.05, 0) is 48.7 Å². The summed E-state index contributed by atoms with van der Waals surface area (Å²) >= 11 is 0. The number of benzene rings is 3. The molecular weight excluding hydrogens is 581 g/mol. The van der Waals surface area contributed by atoms with Crippen LogP contribution in [-0.2, 0) is 30.5 Å². The number of carboxylic acids is 1. The average Bonchev–Trinajstić information content (AvgIpc) is 3.27. The molecule has 1 aromatic heterocycles. The summed E-state index contributed by atoms with van der Waals surface area (Å²) in [5.74, 6) is -3.70. The molecule has 0 aliphatic rings. The molecule has 4 rings (SSSR count). The number of Topliss-reactive ketones (excluding diaryl/α,β-unsaturated/α-hetero) is 1. The summed E-state index contributed by atoms with van der Waals surface area (Å²) in [5.41, 5.74) is 1.99. The third-order valence-electron chi connectivity index (χ3n) is 7.48. The van der Waals surface area contributed by atoms with Gasteiger partial charge in [-0.2, -0.15) is 0 Å². The fourth-order valence-corrected chi connectivity index (χ4v) is 7.17. The number of aromatic nitrogens is 1. The largest absolute Gasteiger partial charge is 0.481 e. The van der Waals surface area contributed by atoms with E-state index in [0.717, 1.165) is 16.5 Å². The van der Waals surface area contributed by atoms with Crippen LogP contribution in [0.3, 0.4) is 0 Å². The van der Waals surface area contributed by atoms with Gasteiger partial charge in [0.05, 0.1) is 6.42 Å². The number of para-hydroxylation sites is 1. The number of rotatable bonds is 13. The Balaban J connectivity index is 1.53. The molecule has 1 heterocycles. The van der Waals surface area contributed by atoms with Gasteiger partial charge in [-0.1, -0.05) is 68.4 Å². The number of nitrogens with one attached hydrogen (secondary N) is 2. The Morgan fingerprint density at radius 2 is 1.41 bits per heavy atom. The number of carbonyl (C=O) groups is 4. The van der Waals surface area contributed by atoms with Gasteiger partial charge >= 0.3 is 5.97 Å². The highest BCUT2D eigenvalue weighted by atomic mass is 31.2. The van der Waals surface area contributed by atoms with Crippen molar-refractivity contribution in [3.8, 4) is 0 Å². The van der Waals surface area contributed by atoms with Gasteiger partial charge in [0.25, 0.3) is 13.3 Å². The topological polar surface area (TPSA) is 144 Å². The molecule has 2 atom stereocenters. The van der Waals surface area contributed by atoms with Crippen LogP contribution in [0.15, 0.2) is 84.9 Å². The van der Waals surface area contributed by atoms with Crippen molar-refractivity contribution in [2.75, 3.05) is 6.61 Å². The monoisotopic (exact) mass is 617 g/mol. The first-order chi connectivity index (χ1) is 20.9. The lowest BCUT2D eigenvalue weighted by Crippen LogP contribution is -2.54. The maximum atomic E-state index is 14.1. The minimum absolute atomic E-state index is 0.365. The van der Waals surface area contributed by atoms with Gasteiger partial charge < -0.3 is 24.8 Å². The molecule has 0 saturated carbocycles. The zero-order chi connectivity index (χ0) is 32.0. The van der Waals surface area contributed by atoms with Gasteiger partial charge in [0.1, 0.15) is 24.4 Å². The zero-order valence-electron chi connectivity index (χ0n) is 25.0. The van der Waals surface area contributed by atoms with Crippen LogP contribution in [0.4, 0.5) is 0 Å². The summed E-state index contributed by atoms with van der Waals surface area (Å²) in [5, 5.41) is 16.4. The Bertz CT molecular complexity index is 1630. The number of carboxylic acid groups (broad SMARTS) is 1. The molecule has 0 saturated heterocycles. The Kier molecular flexibility index (Phi) is 10.2. The first-order valence-corrected chi connectivity index (χ1v) is 15.8. The predicted molar refractivity (Wildman–Crippen MR) is 169 cm³/mol. The highest BCUT2D eigenvalue weighted by Gasteiger charge is 2.34. The number of nitrogens with zero attached hydrogens (tertiary/aromatic N) is 1. The average molecular weight is 618 g/mol. The van der Waals surface area contributed by atoms with Crippen LogP contribution in [-0.4, -0.2) is 51.9 Å². The van der Waals surface area contributed by atoms with Crippen LogP contribution < -0.4 is 21.2 Å². The van der Waals surface area contributed by atoms with E-state index in [0.29, 0.717) is 16.3 Å². The molecule has 0 fully saturated rings. The van der Waals surface area contributed by atoms with Crippen molar-refractivity contribution < 1.29 is 33.4 Å². The Morgan fingerprint density at radius 1 is 0.864 bits per heavy atom. The van der Waals surface area contributed by atoms with Crippen LogP contribution in [0.1, 0.15) is 36.3 Å². The summed E-state index contributed by atoms with van der Waals surface area (Å²) < 4.78 is 21.7. The lowest BCUT2D eigenvalue weighted by atomic mass is 10.0. The van der Waals surface area contributed by atoms with E-state index in [1.54, 1.807) is 86.1 Å². The third kappa shape index (κ3) is 6.98. The van der Waals surface area contributed by atoms with Crippen LogP contribution in [0, 0.1) is 12.8 Å². The van der Waals surface area contributed by atoms with Crippen molar-refractivity contribution in [3.63, 3.8) is 0 Å². The van der Waals surface area contributed by atoms with Gasteiger partial charge in [0.2, 0.25) is 5.91 Å². The number of fused-ring (bicyclic) bond motifs is 1. The van der Waals surface area contributed by atoms with Crippen LogP contribution >= 0.6 is 7.37 Å². The van der Waals surface area contributed by atoms with Gasteiger partial charge in [-0.3, -0.25) is 23.7 Å². The zero-order valence-corrected chi connectivity index (χ0v) is 25.9. The molecule has 230 valence electrons. The Labute approximate surface area is 255 Å². The molecule has 0 radical (unpaired) electrons. The van der Waals surface area contributed by atoms with Crippen molar-refractivity contribution in [1.29, 1.82) is 0 Å². The first-order valence-electron chi connectivity index (χ1n) is 14.2. The van der Waals surface area contributed by atoms with Gasteiger partial charge in [-0.15, -0.1) is 0 Å². The second kappa shape index (κ2) is 13.8. The minimum Gasteiger partial charge on any atom is -0.481 e. The summed E-state index contributed by atoms with van der Waals surface area (Å²) in [7, 11) is -1.97. The molecule has 3 aromatic carbocycles. The molecule has 44 heavy (non-hydrogen) atoms. The van der Waals surface area contributed by atoms with Gasteiger partial charge in [0, 0.05) is 28.6 Å². The van der Waals surface area contributed by atoms with E-state index in [4.69, 9.17) is 4.52 Å². The molecule has 10 nitrogen and oxygen atoms in total.